The van der Waals surface area contributed by atoms with E-state index >= 15 is 0 Å². The maximum absolute atomic E-state index is 13.3. The van der Waals surface area contributed by atoms with Crippen molar-refractivity contribution in [2.45, 2.75) is 31.8 Å². The summed E-state index contributed by atoms with van der Waals surface area (Å²) in [6.07, 6.45) is 3.43. The number of amides is 1. The fourth-order valence-electron chi connectivity index (χ4n) is 4.94. The van der Waals surface area contributed by atoms with E-state index in [0.29, 0.717) is 25.2 Å². The number of anilines is 1. The van der Waals surface area contributed by atoms with Crippen LogP contribution in [0.3, 0.4) is 0 Å². The SMILES string of the molecule is CC1CN(c2cccnc2)CCN1C(=O)c1ccc(CN2CC(c3ccc(F)cc3)OC2C=O)cc1. The van der Waals surface area contributed by atoms with Crippen LogP contribution in [0, 0.1) is 5.82 Å². The molecule has 8 heteroatoms. The zero-order chi connectivity index (χ0) is 25.1. The number of hydrogen-bond donors (Lipinski definition) is 0. The fourth-order valence-corrected chi connectivity index (χ4v) is 4.94. The third kappa shape index (κ3) is 5.15. The average Bonchev–Trinajstić information content (AvgIpc) is 3.32. The lowest BCUT2D eigenvalue weighted by molar-refractivity contribution is -0.123. The standard InChI is InChI=1S/C28H29FN4O3/c1-20-16-31(25-3-2-12-30-15-25)13-14-33(20)28(35)23-6-4-21(5-7-23)17-32-18-26(36-27(32)19-34)22-8-10-24(29)11-9-22/h2-12,15,19-20,26-27H,13-14,16-18H2,1H3. The number of piperazine rings is 1. The van der Waals surface area contributed by atoms with Crippen molar-refractivity contribution in [2.75, 3.05) is 31.1 Å². The van der Waals surface area contributed by atoms with E-state index in [2.05, 4.69) is 16.8 Å². The molecule has 3 atom stereocenters. The monoisotopic (exact) mass is 488 g/mol. The molecule has 186 valence electrons. The number of carbonyl (C=O) groups is 2. The Hall–Kier alpha value is -3.62. The van der Waals surface area contributed by atoms with Crippen LogP contribution in [0.1, 0.15) is 34.5 Å². The molecule has 1 amide bonds. The van der Waals surface area contributed by atoms with E-state index in [-0.39, 0.29) is 23.9 Å². The van der Waals surface area contributed by atoms with Gasteiger partial charge >= 0.3 is 0 Å². The van der Waals surface area contributed by atoms with Gasteiger partial charge in [-0.25, -0.2) is 4.39 Å². The lowest BCUT2D eigenvalue weighted by Crippen LogP contribution is -2.54. The number of nitrogens with zero attached hydrogens (tertiary/aromatic N) is 4. The summed E-state index contributed by atoms with van der Waals surface area (Å²) in [5, 5.41) is 0. The van der Waals surface area contributed by atoms with Gasteiger partial charge in [-0.15, -0.1) is 0 Å². The number of pyridine rings is 1. The molecule has 5 rings (SSSR count). The van der Waals surface area contributed by atoms with E-state index < -0.39 is 6.23 Å². The highest BCUT2D eigenvalue weighted by molar-refractivity contribution is 5.94. The van der Waals surface area contributed by atoms with Crippen LogP contribution in [0.25, 0.3) is 0 Å². The van der Waals surface area contributed by atoms with Gasteiger partial charge in [-0.05, 0) is 54.4 Å². The predicted molar refractivity (Wildman–Crippen MR) is 134 cm³/mol. The van der Waals surface area contributed by atoms with E-state index in [1.165, 1.54) is 12.1 Å². The summed E-state index contributed by atoms with van der Waals surface area (Å²) >= 11 is 0. The molecule has 3 aromatic rings. The van der Waals surface area contributed by atoms with Crippen LogP contribution in [-0.2, 0) is 16.1 Å². The molecule has 2 aliphatic rings. The second-order valence-corrected chi connectivity index (χ2v) is 9.33. The minimum atomic E-state index is -0.668. The minimum absolute atomic E-state index is 0.0199. The zero-order valence-corrected chi connectivity index (χ0v) is 20.2. The Bertz CT molecular complexity index is 1190. The van der Waals surface area contributed by atoms with Crippen LogP contribution in [0.15, 0.2) is 73.1 Å². The topological polar surface area (TPSA) is 66.0 Å². The van der Waals surface area contributed by atoms with Crippen LogP contribution < -0.4 is 4.90 Å². The molecular formula is C28H29FN4O3. The summed E-state index contributed by atoms with van der Waals surface area (Å²) in [6.45, 7) is 5.26. The largest absolute Gasteiger partial charge is 0.366 e. The number of aldehydes is 1. The van der Waals surface area contributed by atoms with Crippen molar-refractivity contribution in [1.82, 2.24) is 14.8 Å². The van der Waals surface area contributed by atoms with Crippen molar-refractivity contribution in [3.05, 3.63) is 95.6 Å². The van der Waals surface area contributed by atoms with E-state index in [4.69, 9.17) is 4.74 Å². The van der Waals surface area contributed by atoms with Gasteiger partial charge in [-0.1, -0.05) is 24.3 Å². The van der Waals surface area contributed by atoms with Crippen molar-refractivity contribution in [3.8, 4) is 0 Å². The highest BCUT2D eigenvalue weighted by Crippen LogP contribution is 2.29. The van der Waals surface area contributed by atoms with Gasteiger partial charge in [0.1, 0.15) is 5.82 Å². The fraction of sp³-hybridized carbons (Fsp3) is 0.321. The molecule has 3 unspecified atom stereocenters. The number of aromatic nitrogens is 1. The molecule has 2 fully saturated rings. The average molecular weight is 489 g/mol. The molecule has 2 aliphatic heterocycles. The van der Waals surface area contributed by atoms with Crippen LogP contribution in [-0.4, -0.2) is 65.4 Å². The first-order valence-electron chi connectivity index (χ1n) is 12.2. The summed E-state index contributed by atoms with van der Waals surface area (Å²) in [5.74, 6) is -0.286. The van der Waals surface area contributed by atoms with Gasteiger partial charge in [-0.3, -0.25) is 19.5 Å². The molecule has 36 heavy (non-hydrogen) atoms. The quantitative estimate of drug-likeness (QED) is 0.494. The van der Waals surface area contributed by atoms with Crippen molar-refractivity contribution >= 4 is 17.9 Å². The van der Waals surface area contributed by atoms with Gasteiger partial charge in [-0.2, -0.15) is 0 Å². The molecular weight excluding hydrogens is 459 g/mol. The van der Waals surface area contributed by atoms with Gasteiger partial charge in [0.05, 0.1) is 18.0 Å². The minimum Gasteiger partial charge on any atom is -0.366 e. The van der Waals surface area contributed by atoms with Gasteiger partial charge in [0, 0.05) is 50.5 Å². The summed E-state index contributed by atoms with van der Waals surface area (Å²) in [5.41, 5.74) is 3.54. The number of carbonyl (C=O) groups excluding carboxylic acids is 2. The third-order valence-corrected chi connectivity index (χ3v) is 6.91. The van der Waals surface area contributed by atoms with Crippen molar-refractivity contribution in [1.29, 1.82) is 0 Å². The first-order valence-corrected chi connectivity index (χ1v) is 12.2. The maximum atomic E-state index is 13.3. The van der Waals surface area contributed by atoms with Crippen molar-refractivity contribution in [3.63, 3.8) is 0 Å². The lowest BCUT2D eigenvalue weighted by atomic mass is 10.1. The number of halogens is 1. The lowest BCUT2D eigenvalue weighted by Gasteiger charge is -2.41. The summed E-state index contributed by atoms with van der Waals surface area (Å²) in [4.78, 5) is 35.2. The van der Waals surface area contributed by atoms with Crippen LogP contribution >= 0.6 is 0 Å². The molecule has 0 spiro atoms. The van der Waals surface area contributed by atoms with Gasteiger partial charge in [0.15, 0.2) is 12.5 Å². The molecule has 0 N–H and O–H groups in total. The summed E-state index contributed by atoms with van der Waals surface area (Å²) in [6, 6.07) is 17.8. The number of benzene rings is 2. The van der Waals surface area contributed by atoms with Crippen molar-refractivity contribution < 1.29 is 18.7 Å². The van der Waals surface area contributed by atoms with Gasteiger partial charge in [0.25, 0.3) is 5.91 Å². The Morgan fingerprint density at radius 2 is 1.86 bits per heavy atom. The molecule has 0 aliphatic carbocycles. The van der Waals surface area contributed by atoms with Crippen LogP contribution in [0.5, 0.6) is 0 Å². The Morgan fingerprint density at radius 1 is 1.08 bits per heavy atom. The smallest absolute Gasteiger partial charge is 0.254 e. The molecule has 0 saturated carbocycles. The molecule has 0 radical (unpaired) electrons. The van der Waals surface area contributed by atoms with E-state index in [1.807, 2.05) is 52.4 Å². The number of ether oxygens (including phenoxy) is 1. The van der Waals surface area contributed by atoms with Crippen LogP contribution in [0.2, 0.25) is 0 Å². The molecule has 2 aromatic carbocycles. The molecule has 3 heterocycles. The molecule has 0 bridgehead atoms. The summed E-state index contributed by atoms with van der Waals surface area (Å²) < 4.78 is 19.1. The van der Waals surface area contributed by atoms with Gasteiger partial charge in [0.2, 0.25) is 0 Å². The van der Waals surface area contributed by atoms with Crippen molar-refractivity contribution in [2.24, 2.45) is 0 Å². The highest BCUT2D eigenvalue weighted by atomic mass is 19.1. The Balaban J connectivity index is 1.20. The van der Waals surface area contributed by atoms with Crippen LogP contribution in [0.4, 0.5) is 10.1 Å². The molecule has 2 saturated heterocycles. The Labute approximate surface area is 210 Å². The number of hydrogen-bond acceptors (Lipinski definition) is 6. The maximum Gasteiger partial charge on any atom is 0.254 e. The Kier molecular flexibility index (Phi) is 7.06. The molecule has 1 aromatic heterocycles. The van der Waals surface area contributed by atoms with Gasteiger partial charge < -0.3 is 14.5 Å². The number of rotatable bonds is 6. The normalized spacial score (nSPS) is 22.6. The Morgan fingerprint density at radius 3 is 2.53 bits per heavy atom. The van der Waals surface area contributed by atoms with E-state index in [1.54, 1.807) is 18.3 Å². The third-order valence-electron chi connectivity index (χ3n) is 6.91. The molecule has 7 nitrogen and oxygen atoms in total. The first kappa shape index (κ1) is 24.1. The summed E-state index contributed by atoms with van der Waals surface area (Å²) in [7, 11) is 0. The zero-order valence-electron chi connectivity index (χ0n) is 20.2. The predicted octanol–water partition coefficient (Wildman–Crippen LogP) is 3.67. The first-order chi connectivity index (χ1) is 17.5. The second-order valence-electron chi connectivity index (χ2n) is 9.33. The van der Waals surface area contributed by atoms with E-state index in [9.17, 15) is 14.0 Å². The second kappa shape index (κ2) is 10.6. The highest BCUT2D eigenvalue weighted by Gasteiger charge is 2.34. The van der Waals surface area contributed by atoms with E-state index in [0.717, 1.165) is 36.2 Å².